The first-order valence-corrected chi connectivity index (χ1v) is 6.92. The van der Waals surface area contributed by atoms with Crippen LogP contribution in [0.25, 0.3) is 0 Å². The molecule has 0 saturated heterocycles. The Morgan fingerprint density at radius 3 is 2.57 bits per heavy atom. The van der Waals surface area contributed by atoms with Crippen molar-refractivity contribution < 1.29 is 19.3 Å². The zero-order valence-electron chi connectivity index (χ0n) is 12.1. The van der Waals surface area contributed by atoms with Crippen LogP contribution >= 0.6 is 0 Å². The maximum Gasteiger partial charge on any atom is 0.246 e. The van der Waals surface area contributed by atoms with Crippen LogP contribution in [0.4, 0.5) is 0 Å². The Morgan fingerprint density at radius 1 is 1.05 bits per heavy atom. The summed E-state index contributed by atoms with van der Waals surface area (Å²) in [7, 11) is 0. The van der Waals surface area contributed by atoms with E-state index in [2.05, 4.69) is 0 Å². The molecule has 1 aliphatic heterocycles. The highest BCUT2D eigenvalue weighted by Crippen LogP contribution is 2.45. The molecule has 2 aromatic carbocycles. The van der Waals surface area contributed by atoms with Gasteiger partial charge in [-0.15, -0.1) is 0 Å². The zero-order valence-corrected chi connectivity index (χ0v) is 12.1. The maximum atomic E-state index is 10.1. The van der Waals surface area contributed by atoms with E-state index in [1.54, 1.807) is 6.07 Å². The first kappa shape index (κ1) is 13.8. The lowest BCUT2D eigenvalue weighted by atomic mass is 10.1. The molecule has 2 aromatic rings. The molecule has 3 rings (SSSR count). The Hall–Kier alpha value is -2.20. The summed E-state index contributed by atoms with van der Waals surface area (Å²) >= 11 is 0. The van der Waals surface area contributed by atoms with Gasteiger partial charge in [0, 0.05) is 13.8 Å². The molecular formula is C17H18O4. The molecule has 21 heavy (non-hydrogen) atoms. The highest BCUT2D eigenvalue weighted by atomic mass is 16.7. The van der Waals surface area contributed by atoms with Gasteiger partial charge in [0.25, 0.3) is 0 Å². The second kappa shape index (κ2) is 5.30. The molecule has 1 N–H and O–H groups in total. The second-order valence-electron chi connectivity index (χ2n) is 5.42. The molecule has 1 aliphatic rings. The molecule has 0 saturated carbocycles. The molecule has 0 bridgehead atoms. The normalized spacial score (nSPS) is 16.5. The number of hydrogen-bond donors (Lipinski definition) is 1. The van der Waals surface area contributed by atoms with Crippen molar-refractivity contribution in [1.82, 2.24) is 0 Å². The van der Waals surface area contributed by atoms with E-state index in [1.165, 1.54) is 0 Å². The number of aliphatic hydroxyl groups excluding tert-OH is 1. The molecule has 0 amide bonds. The number of rotatable bonds is 4. The van der Waals surface area contributed by atoms with Gasteiger partial charge in [0.2, 0.25) is 11.5 Å². The Morgan fingerprint density at radius 2 is 1.81 bits per heavy atom. The van der Waals surface area contributed by atoms with E-state index in [0.717, 1.165) is 5.56 Å². The molecule has 1 heterocycles. The minimum Gasteiger partial charge on any atom is -0.486 e. The number of hydrogen-bond acceptors (Lipinski definition) is 4. The van der Waals surface area contributed by atoms with E-state index < -0.39 is 11.9 Å². The summed E-state index contributed by atoms with van der Waals surface area (Å²) in [5, 5.41) is 10.1. The standard InChI is InChI=1S/C17H18O4/c1-17(2)20-15-10-6-9-14(16(15)21-17)19-11-13(18)12-7-4-3-5-8-12/h3-10,13,18H,11H2,1-2H3. The van der Waals surface area contributed by atoms with Crippen LogP contribution in [-0.4, -0.2) is 17.5 Å². The molecule has 0 spiro atoms. The Kier molecular flexibility index (Phi) is 3.47. The smallest absolute Gasteiger partial charge is 0.246 e. The van der Waals surface area contributed by atoms with Gasteiger partial charge in [-0.2, -0.15) is 0 Å². The van der Waals surface area contributed by atoms with Gasteiger partial charge in [-0.05, 0) is 17.7 Å². The first-order chi connectivity index (χ1) is 10.1. The van der Waals surface area contributed by atoms with Crippen molar-refractivity contribution >= 4 is 0 Å². The van der Waals surface area contributed by atoms with E-state index in [1.807, 2.05) is 56.3 Å². The van der Waals surface area contributed by atoms with E-state index in [-0.39, 0.29) is 6.61 Å². The van der Waals surface area contributed by atoms with Crippen molar-refractivity contribution in [3.8, 4) is 17.2 Å². The van der Waals surface area contributed by atoms with Crippen molar-refractivity contribution in [1.29, 1.82) is 0 Å². The van der Waals surface area contributed by atoms with Crippen LogP contribution in [0.2, 0.25) is 0 Å². The summed E-state index contributed by atoms with van der Waals surface area (Å²) in [5.41, 5.74) is 0.822. The van der Waals surface area contributed by atoms with E-state index in [0.29, 0.717) is 17.2 Å². The fraction of sp³-hybridized carbons (Fsp3) is 0.294. The summed E-state index contributed by atoms with van der Waals surface area (Å²) in [5.74, 6) is 1.13. The maximum absolute atomic E-state index is 10.1. The van der Waals surface area contributed by atoms with Gasteiger partial charge < -0.3 is 19.3 Å². The van der Waals surface area contributed by atoms with Gasteiger partial charge in [0.05, 0.1) is 0 Å². The summed E-state index contributed by atoms with van der Waals surface area (Å²) in [4.78, 5) is 0. The van der Waals surface area contributed by atoms with E-state index >= 15 is 0 Å². The van der Waals surface area contributed by atoms with Gasteiger partial charge >= 0.3 is 0 Å². The molecule has 1 unspecified atom stereocenters. The lowest BCUT2D eigenvalue weighted by molar-refractivity contribution is -0.0443. The number of ether oxygens (including phenoxy) is 3. The summed E-state index contributed by atoms with van der Waals surface area (Å²) in [6.07, 6.45) is -0.683. The SMILES string of the molecule is CC1(C)Oc2cccc(OCC(O)c3ccccc3)c2O1. The lowest BCUT2D eigenvalue weighted by Crippen LogP contribution is -2.29. The average Bonchev–Trinajstić information content (AvgIpc) is 2.80. The van der Waals surface area contributed by atoms with Crippen LogP contribution in [0, 0.1) is 0 Å². The molecule has 0 aromatic heterocycles. The number of aliphatic hydroxyl groups is 1. The highest BCUT2D eigenvalue weighted by molar-refractivity contribution is 5.53. The second-order valence-corrected chi connectivity index (χ2v) is 5.42. The van der Waals surface area contributed by atoms with Crippen LogP contribution < -0.4 is 14.2 Å². The van der Waals surface area contributed by atoms with Crippen LogP contribution in [-0.2, 0) is 0 Å². The number of para-hydroxylation sites is 1. The Labute approximate surface area is 123 Å². The highest BCUT2D eigenvalue weighted by Gasteiger charge is 2.34. The van der Waals surface area contributed by atoms with Crippen LogP contribution in [0.1, 0.15) is 25.5 Å². The lowest BCUT2D eigenvalue weighted by Gasteiger charge is -2.17. The third-order valence-corrected chi connectivity index (χ3v) is 3.23. The van der Waals surface area contributed by atoms with E-state index in [9.17, 15) is 5.11 Å². The van der Waals surface area contributed by atoms with Crippen LogP contribution in [0.5, 0.6) is 17.2 Å². The van der Waals surface area contributed by atoms with Gasteiger partial charge in [-0.3, -0.25) is 0 Å². The van der Waals surface area contributed by atoms with Gasteiger partial charge in [-0.25, -0.2) is 0 Å². The summed E-state index contributed by atoms with van der Waals surface area (Å²) in [6.45, 7) is 3.84. The van der Waals surface area contributed by atoms with Crippen LogP contribution in [0.3, 0.4) is 0 Å². The van der Waals surface area contributed by atoms with Gasteiger partial charge in [0.1, 0.15) is 12.7 Å². The first-order valence-electron chi connectivity index (χ1n) is 6.92. The molecule has 110 valence electrons. The molecule has 4 heteroatoms. The molecule has 1 atom stereocenters. The topological polar surface area (TPSA) is 47.9 Å². The van der Waals surface area contributed by atoms with Gasteiger partial charge in [-0.1, -0.05) is 36.4 Å². The fourth-order valence-electron chi connectivity index (χ4n) is 2.26. The molecule has 4 nitrogen and oxygen atoms in total. The Balaban J connectivity index is 1.72. The minimum atomic E-state index is -0.695. The van der Waals surface area contributed by atoms with Crippen molar-refractivity contribution in [3.05, 3.63) is 54.1 Å². The number of fused-ring (bicyclic) bond motifs is 1. The molecule has 0 aliphatic carbocycles. The number of benzene rings is 2. The molecule has 0 fully saturated rings. The molecular weight excluding hydrogens is 268 g/mol. The fourth-order valence-corrected chi connectivity index (χ4v) is 2.26. The summed E-state index contributed by atoms with van der Waals surface area (Å²) in [6, 6.07) is 14.9. The quantitative estimate of drug-likeness (QED) is 0.936. The Bertz CT molecular complexity index is 622. The predicted octanol–water partition coefficient (Wildman–Crippen LogP) is 3.31. The predicted molar refractivity (Wildman–Crippen MR) is 78.7 cm³/mol. The third kappa shape index (κ3) is 2.95. The molecule has 0 radical (unpaired) electrons. The van der Waals surface area contributed by atoms with Crippen LogP contribution in [0.15, 0.2) is 48.5 Å². The average molecular weight is 286 g/mol. The van der Waals surface area contributed by atoms with Crippen molar-refractivity contribution in [2.75, 3.05) is 6.61 Å². The minimum absolute atomic E-state index is 0.157. The van der Waals surface area contributed by atoms with Crippen molar-refractivity contribution in [3.63, 3.8) is 0 Å². The van der Waals surface area contributed by atoms with Gasteiger partial charge in [0.15, 0.2) is 11.5 Å². The zero-order chi connectivity index (χ0) is 14.9. The largest absolute Gasteiger partial charge is 0.486 e. The van der Waals surface area contributed by atoms with Crippen molar-refractivity contribution in [2.24, 2.45) is 0 Å². The van der Waals surface area contributed by atoms with E-state index in [4.69, 9.17) is 14.2 Å². The van der Waals surface area contributed by atoms with Crippen molar-refractivity contribution in [2.45, 2.75) is 25.7 Å². The monoisotopic (exact) mass is 286 g/mol. The third-order valence-electron chi connectivity index (χ3n) is 3.23. The summed E-state index contributed by atoms with van der Waals surface area (Å²) < 4.78 is 17.1.